The molecule has 0 aliphatic heterocycles. The maximum absolute atomic E-state index is 13.2. The van der Waals surface area contributed by atoms with E-state index < -0.39 is 11.9 Å². The van der Waals surface area contributed by atoms with Crippen molar-refractivity contribution in [2.45, 2.75) is 13.8 Å². The molecule has 0 aliphatic carbocycles. The standard InChI is InChI=1S/C30H25Cl4N3O6/c1-5-40-29(38)24-23(42-35-26(24)19-10-8-17(31)13-21(19)33)12-7-16(15-37(3)4)28-25(30(39)41-6-2)27(36-43-28)20-11-9-18(32)14-22(20)34/h7-15H,5-6H2,1-4H3/b12-7+,16-15+. The highest BCUT2D eigenvalue weighted by molar-refractivity contribution is 6.37. The maximum atomic E-state index is 13.2. The Morgan fingerprint density at radius 3 is 1.84 bits per heavy atom. The zero-order valence-corrected chi connectivity index (χ0v) is 26.4. The van der Waals surface area contributed by atoms with Gasteiger partial charge in [0.1, 0.15) is 22.5 Å². The van der Waals surface area contributed by atoms with Gasteiger partial charge in [0.15, 0.2) is 11.5 Å². The molecule has 0 unspecified atom stereocenters. The minimum Gasteiger partial charge on any atom is -0.462 e. The van der Waals surface area contributed by atoms with E-state index in [1.54, 1.807) is 69.4 Å². The highest BCUT2D eigenvalue weighted by atomic mass is 35.5. The van der Waals surface area contributed by atoms with Crippen molar-refractivity contribution in [2.24, 2.45) is 0 Å². The molecule has 0 aliphatic rings. The monoisotopic (exact) mass is 663 g/mol. The van der Waals surface area contributed by atoms with Crippen molar-refractivity contribution in [1.82, 2.24) is 15.2 Å². The number of hydrogen-bond acceptors (Lipinski definition) is 9. The molecular weight excluding hydrogens is 640 g/mol. The summed E-state index contributed by atoms with van der Waals surface area (Å²) in [6, 6.07) is 9.55. The van der Waals surface area contributed by atoms with Crippen molar-refractivity contribution in [3.05, 3.63) is 91.4 Å². The number of carbonyl (C=O) groups is 2. The summed E-state index contributed by atoms with van der Waals surface area (Å²) in [6.07, 6.45) is 4.76. The van der Waals surface area contributed by atoms with Gasteiger partial charge in [0.25, 0.3) is 0 Å². The molecule has 0 saturated carbocycles. The van der Waals surface area contributed by atoms with E-state index in [0.29, 0.717) is 26.7 Å². The number of aromatic nitrogens is 2. The fourth-order valence-electron chi connectivity index (χ4n) is 4.05. The molecule has 0 bridgehead atoms. The zero-order valence-electron chi connectivity index (χ0n) is 23.4. The Bertz CT molecular complexity index is 1720. The summed E-state index contributed by atoms with van der Waals surface area (Å²) in [5.74, 6) is -1.19. The van der Waals surface area contributed by atoms with Gasteiger partial charge in [0.05, 0.1) is 23.3 Å². The second kappa shape index (κ2) is 14.1. The summed E-state index contributed by atoms with van der Waals surface area (Å²) in [4.78, 5) is 28.0. The number of nitrogens with zero attached hydrogens (tertiary/aromatic N) is 3. The molecule has 4 rings (SSSR count). The van der Waals surface area contributed by atoms with Crippen molar-refractivity contribution < 1.29 is 28.1 Å². The third-order valence-corrected chi connectivity index (χ3v) is 6.91. The first kappa shape index (κ1) is 32.2. The summed E-state index contributed by atoms with van der Waals surface area (Å²) in [5, 5.41) is 9.62. The van der Waals surface area contributed by atoms with Crippen LogP contribution in [-0.2, 0) is 9.47 Å². The van der Waals surface area contributed by atoms with Crippen LogP contribution in [0, 0.1) is 0 Å². The lowest BCUT2D eigenvalue weighted by molar-refractivity contribution is 0.0516. The first-order valence-corrected chi connectivity index (χ1v) is 14.4. The molecule has 0 radical (unpaired) electrons. The van der Waals surface area contributed by atoms with Crippen LogP contribution in [0.4, 0.5) is 0 Å². The van der Waals surface area contributed by atoms with E-state index in [1.807, 2.05) is 0 Å². The summed E-state index contributed by atoms with van der Waals surface area (Å²) in [6.45, 7) is 3.58. The fraction of sp³-hybridized carbons (Fsp3) is 0.200. The highest BCUT2D eigenvalue weighted by Gasteiger charge is 2.29. The molecule has 0 atom stereocenters. The van der Waals surface area contributed by atoms with E-state index in [0.717, 1.165) is 0 Å². The van der Waals surface area contributed by atoms with Gasteiger partial charge in [-0.1, -0.05) is 56.7 Å². The third kappa shape index (κ3) is 7.25. The summed E-state index contributed by atoms with van der Waals surface area (Å²) >= 11 is 25.0. The Morgan fingerprint density at radius 2 is 1.33 bits per heavy atom. The normalized spacial score (nSPS) is 11.7. The van der Waals surface area contributed by atoms with E-state index >= 15 is 0 Å². The zero-order chi connectivity index (χ0) is 31.3. The molecule has 0 fully saturated rings. The molecule has 224 valence electrons. The Labute approximate surface area is 267 Å². The van der Waals surface area contributed by atoms with Crippen LogP contribution >= 0.6 is 46.4 Å². The Balaban J connectivity index is 1.87. The quantitative estimate of drug-likeness (QED) is 0.122. The molecule has 0 saturated heterocycles. The lowest BCUT2D eigenvalue weighted by atomic mass is 10.0. The predicted octanol–water partition coefficient (Wildman–Crippen LogP) is 8.58. The molecule has 2 heterocycles. The smallest absolute Gasteiger partial charge is 0.344 e. The summed E-state index contributed by atoms with van der Waals surface area (Å²) < 4.78 is 21.9. The van der Waals surface area contributed by atoms with Gasteiger partial charge in [-0.05, 0) is 62.4 Å². The highest BCUT2D eigenvalue weighted by Crippen LogP contribution is 2.37. The number of rotatable bonds is 10. The Kier molecular flexibility index (Phi) is 10.6. The van der Waals surface area contributed by atoms with Gasteiger partial charge >= 0.3 is 11.9 Å². The predicted molar refractivity (Wildman–Crippen MR) is 167 cm³/mol. The van der Waals surface area contributed by atoms with Gasteiger partial charge in [0.2, 0.25) is 0 Å². The fourth-order valence-corrected chi connectivity index (χ4v) is 5.04. The number of halogens is 4. The van der Waals surface area contributed by atoms with Crippen LogP contribution in [-0.4, -0.2) is 54.5 Å². The number of benzene rings is 2. The molecule has 4 aromatic rings. The molecule has 0 amide bonds. The first-order valence-electron chi connectivity index (χ1n) is 12.9. The van der Waals surface area contributed by atoms with Gasteiger partial charge in [-0.3, -0.25) is 0 Å². The van der Waals surface area contributed by atoms with E-state index in [4.69, 9.17) is 64.9 Å². The number of allylic oxidation sites excluding steroid dienone is 2. The van der Waals surface area contributed by atoms with Crippen LogP contribution in [0.25, 0.3) is 34.2 Å². The molecule has 2 aromatic heterocycles. The lowest BCUT2D eigenvalue weighted by Crippen LogP contribution is -2.09. The summed E-state index contributed by atoms with van der Waals surface area (Å²) in [7, 11) is 3.56. The van der Waals surface area contributed by atoms with Crippen molar-refractivity contribution in [3.63, 3.8) is 0 Å². The lowest BCUT2D eigenvalue weighted by Gasteiger charge is -2.09. The second-order valence-electron chi connectivity index (χ2n) is 9.08. The number of ether oxygens (including phenoxy) is 2. The molecule has 13 heteroatoms. The van der Waals surface area contributed by atoms with Crippen molar-refractivity contribution in [2.75, 3.05) is 27.3 Å². The SMILES string of the molecule is CCOC(=O)c1c(-c2ccc(Cl)cc2Cl)noc1/C=C/C(=C\N(C)C)c1onc(-c2ccc(Cl)cc2Cl)c1C(=O)OCC. The van der Waals surface area contributed by atoms with Gasteiger partial charge in [0, 0.05) is 47.0 Å². The number of esters is 2. The van der Waals surface area contributed by atoms with Crippen molar-refractivity contribution in [3.8, 4) is 22.5 Å². The van der Waals surface area contributed by atoms with Crippen LogP contribution in [0.2, 0.25) is 20.1 Å². The van der Waals surface area contributed by atoms with Crippen molar-refractivity contribution in [1.29, 1.82) is 0 Å². The molecule has 0 N–H and O–H groups in total. The van der Waals surface area contributed by atoms with Crippen LogP contribution in [0.1, 0.15) is 46.1 Å². The first-order chi connectivity index (χ1) is 20.5. The van der Waals surface area contributed by atoms with Gasteiger partial charge in [-0.25, -0.2) is 9.59 Å². The van der Waals surface area contributed by atoms with Crippen molar-refractivity contribution >= 4 is 70.0 Å². The van der Waals surface area contributed by atoms with E-state index in [1.165, 1.54) is 18.2 Å². The average molecular weight is 665 g/mol. The van der Waals surface area contributed by atoms with Crippen LogP contribution < -0.4 is 0 Å². The van der Waals surface area contributed by atoms with Gasteiger partial charge in [-0.2, -0.15) is 0 Å². The van der Waals surface area contributed by atoms with Crippen LogP contribution in [0.15, 0.2) is 57.7 Å². The molecule has 0 spiro atoms. The minimum atomic E-state index is -0.677. The van der Waals surface area contributed by atoms with Gasteiger partial charge < -0.3 is 23.4 Å². The summed E-state index contributed by atoms with van der Waals surface area (Å²) in [5.41, 5.74) is 1.65. The van der Waals surface area contributed by atoms with Gasteiger partial charge in [-0.15, -0.1) is 0 Å². The maximum Gasteiger partial charge on any atom is 0.344 e. The van der Waals surface area contributed by atoms with E-state index in [2.05, 4.69) is 10.3 Å². The Morgan fingerprint density at radius 1 is 0.814 bits per heavy atom. The van der Waals surface area contributed by atoms with Crippen LogP contribution in [0.3, 0.4) is 0 Å². The van der Waals surface area contributed by atoms with E-state index in [9.17, 15) is 9.59 Å². The number of hydrogen-bond donors (Lipinski definition) is 0. The molecule has 9 nitrogen and oxygen atoms in total. The van der Waals surface area contributed by atoms with Crippen LogP contribution in [0.5, 0.6) is 0 Å². The largest absolute Gasteiger partial charge is 0.462 e. The Hall–Kier alpha value is -3.76. The average Bonchev–Trinajstić information content (AvgIpc) is 3.56. The molecular formula is C30H25Cl4N3O6. The molecule has 2 aromatic carbocycles. The topological polar surface area (TPSA) is 108 Å². The minimum absolute atomic E-state index is 0.0423. The molecule has 43 heavy (non-hydrogen) atoms. The van der Waals surface area contributed by atoms with E-state index in [-0.39, 0.29) is 57.3 Å². The number of carbonyl (C=O) groups excluding carboxylic acids is 2. The second-order valence-corrected chi connectivity index (χ2v) is 10.8. The third-order valence-electron chi connectivity index (χ3n) is 5.82.